The molecule has 2 amide bonds. The Morgan fingerprint density at radius 2 is 2.25 bits per heavy atom. The van der Waals surface area contributed by atoms with E-state index in [0.29, 0.717) is 6.54 Å². The summed E-state index contributed by atoms with van der Waals surface area (Å²) in [5.41, 5.74) is 0.802. The molecule has 0 fully saturated rings. The van der Waals surface area contributed by atoms with Crippen LogP contribution in [0.1, 0.15) is 17.1 Å². The molecule has 6 nitrogen and oxygen atoms in total. The highest BCUT2D eigenvalue weighted by atomic mass is 32.1. The van der Waals surface area contributed by atoms with Gasteiger partial charge in [-0.15, -0.1) is 11.3 Å². The average molecular weight is 243 g/mol. The summed E-state index contributed by atoms with van der Waals surface area (Å²) in [6, 6.07) is -0.382. The predicted molar refractivity (Wildman–Crippen MR) is 59.3 cm³/mol. The molecule has 7 heteroatoms. The highest BCUT2D eigenvalue weighted by molar-refractivity contribution is 7.09. The molecule has 0 aromatic carbocycles. The number of urea groups is 1. The third-order valence-electron chi connectivity index (χ3n) is 1.72. The number of nitrogens with zero attached hydrogens (tertiary/aromatic N) is 1. The minimum atomic E-state index is -0.935. The molecule has 88 valence electrons. The third-order valence-corrected chi connectivity index (χ3v) is 2.54. The summed E-state index contributed by atoms with van der Waals surface area (Å²) in [6.07, 6.45) is -0.0801. The van der Waals surface area contributed by atoms with Crippen LogP contribution in [0, 0.1) is 6.92 Å². The van der Waals surface area contributed by atoms with E-state index in [1.807, 2.05) is 12.3 Å². The standard InChI is InChI=1S/C9H13N3O3S/c1-6-12-7(5-16-6)4-11-9(15)10-3-2-8(13)14/h5H,2-4H2,1H3,(H,13,14)(H2,10,11,15). The molecular weight excluding hydrogens is 230 g/mol. The SMILES string of the molecule is Cc1nc(CNC(=O)NCCC(=O)O)cs1. The van der Waals surface area contributed by atoms with Crippen LogP contribution < -0.4 is 10.6 Å². The fourth-order valence-corrected chi connectivity index (χ4v) is 1.62. The van der Waals surface area contributed by atoms with Crippen LogP contribution in [0.2, 0.25) is 0 Å². The van der Waals surface area contributed by atoms with Crippen LogP contribution in [-0.2, 0) is 11.3 Å². The number of aliphatic carboxylic acids is 1. The van der Waals surface area contributed by atoms with Crippen molar-refractivity contribution >= 4 is 23.3 Å². The molecule has 0 unspecified atom stereocenters. The number of aromatic nitrogens is 1. The number of carbonyl (C=O) groups excluding carboxylic acids is 1. The maximum absolute atomic E-state index is 11.2. The molecule has 1 aromatic rings. The number of thiazole rings is 1. The zero-order valence-electron chi connectivity index (χ0n) is 8.82. The average Bonchev–Trinajstić information content (AvgIpc) is 2.61. The van der Waals surface area contributed by atoms with Crippen LogP contribution in [0.15, 0.2) is 5.38 Å². The van der Waals surface area contributed by atoms with Gasteiger partial charge in [0.1, 0.15) is 0 Å². The molecule has 0 spiro atoms. The summed E-state index contributed by atoms with van der Waals surface area (Å²) < 4.78 is 0. The van der Waals surface area contributed by atoms with Crippen molar-refractivity contribution in [3.63, 3.8) is 0 Å². The van der Waals surface area contributed by atoms with Crippen molar-refractivity contribution in [1.29, 1.82) is 0 Å². The zero-order chi connectivity index (χ0) is 12.0. The van der Waals surface area contributed by atoms with Gasteiger partial charge in [-0.25, -0.2) is 9.78 Å². The van der Waals surface area contributed by atoms with Gasteiger partial charge in [-0.2, -0.15) is 0 Å². The van der Waals surface area contributed by atoms with Crippen LogP contribution in [0.25, 0.3) is 0 Å². The van der Waals surface area contributed by atoms with Crippen molar-refractivity contribution in [2.75, 3.05) is 6.54 Å². The first-order valence-electron chi connectivity index (χ1n) is 4.72. The molecule has 0 aliphatic rings. The molecule has 1 aromatic heterocycles. The highest BCUT2D eigenvalue weighted by Gasteiger charge is 2.03. The van der Waals surface area contributed by atoms with Gasteiger partial charge in [-0.05, 0) is 6.92 Å². The van der Waals surface area contributed by atoms with Crippen LogP contribution in [0.3, 0.4) is 0 Å². The molecule has 0 bridgehead atoms. The Balaban J connectivity index is 2.17. The number of nitrogens with one attached hydrogen (secondary N) is 2. The van der Waals surface area contributed by atoms with Crippen LogP contribution in [-0.4, -0.2) is 28.6 Å². The van der Waals surface area contributed by atoms with Crippen molar-refractivity contribution in [2.24, 2.45) is 0 Å². The van der Waals surface area contributed by atoms with Crippen molar-refractivity contribution in [2.45, 2.75) is 19.9 Å². The van der Waals surface area contributed by atoms with Crippen molar-refractivity contribution in [3.05, 3.63) is 16.1 Å². The quantitative estimate of drug-likeness (QED) is 0.710. The number of carbonyl (C=O) groups is 2. The molecule has 16 heavy (non-hydrogen) atoms. The Kier molecular flexibility index (Phi) is 4.71. The minimum absolute atomic E-state index is 0.0801. The van der Waals surface area contributed by atoms with Gasteiger partial charge in [0, 0.05) is 11.9 Å². The topological polar surface area (TPSA) is 91.3 Å². The first-order valence-corrected chi connectivity index (χ1v) is 5.60. The number of aryl methyl sites for hydroxylation is 1. The van der Waals surface area contributed by atoms with E-state index in [-0.39, 0.29) is 19.0 Å². The summed E-state index contributed by atoms with van der Waals surface area (Å²) in [4.78, 5) is 25.5. The van der Waals surface area contributed by atoms with Crippen molar-refractivity contribution in [1.82, 2.24) is 15.6 Å². The summed E-state index contributed by atoms with van der Waals surface area (Å²) >= 11 is 1.52. The Labute approximate surface area is 96.7 Å². The molecule has 0 aliphatic heterocycles. The van der Waals surface area contributed by atoms with Crippen molar-refractivity contribution in [3.8, 4) is 0 Å². The summed E-state index contributed by atoms with van der Waals surface area (Å²) in [7, 11) is 0. The molecule has 1 rings (SSSR count). The van der Waals surface area contributed by atoms with E-state index in [1.165, 1.54) is 11.3 Å². The van der Waals surface area contributed by atoms with E-state index in [1.54, 1.807) is 0 Å². The smallest absolute Gasteiger partial charge is 0.315 e. The van der Waals surface area contributed by atoms with Gasteiger partial charge in [0.15, 0.2) is 0 Å². The molecular formula is C9H13N3O3S. The number of carboxylic acid groups (broad SMARTS) is 1. The number of carboxylic acids is 1. The lowest BCUT2D eigenvalue weighted by molar-refractivity contribution is -0.136. The summed E-state index contributed by atoms with van der Waals surface area (Å²) in [6.45, 7) is 2.36. The van der Waals surface area contributed by atoms with E-state index in [4.69, 9.17) is 5.11 Å². The Morgan fingerprint density at radius 3 is 2.81 bits per heavy atom. The first kappa shape index (κ1) is 12.4. The van der Waals surface area contributed by atoms with Gasteiger partial charge in [0.05, 0.1) is 23.7 Å². The lowest BCUT2D eigenvalue weighted by Gasteiger charge is -2.04. The van der Waals surface area contributed by atoms with E-state index in [9.17, 15) is 9.59 Å². The molecule has 0 saturated heterocycles. The largest absolute Gasteiger partial charge is 0.481 e. The summed E-state index contributed by atoms with van der Waals surface area (Å²) in [5.74, 6) is -0.935. The molecule has 3 N–H and O–H groups in total. The van der Waals surface area contributed by atoms with Gasteiger partial charge in [0.25, 0.3) is 0 Å². The molecule has 0 aliphatic carbocycles. The Morgan fingerprint density at radius 1 is 1.50 bits per heavy atom. The van der Waals surface area contributed by atoms with Gasteiger partial charge in [-0.3, -0.25) is 4.79 Å². The fraction of sp³-hybridized carbons (Fsp3) is 0.444. The predicted octanol–water partition coefficient (Wildman–Crippen LogP) is 0.725. The van der Waals surface area contributed by atoms with Gasteiger partial charge in [-0.1, -0.05) is 0 Å². The Hall–Kier alpha value is -1.63. The zero-order valence-corrected chi connectivity index (χ0v) is 9.63. The Bertz CT molecular complexity index is 378. The third kappa shape index (κ3) is 4.74. The highest BCUT2D eigenvalue weighted by Crippen LogP contribution is 2.06. The maximum Gasteiger partial charge on any atom is 0.315 e. The molecule has 0 saturated carbocycles. The van der Waals surface area contributed by atoms with Gasteiger partial charge >= 0.3 is 12.0 Å². The minimum Gasteiger partial charge on any atom is -0.481 e. The van der Waals surface area contributed by atoms with Crippen LogP contribution >= 0.6 is 11.3 Å². The second-order valence-corrected chi connectivity index (χ2v) is 4.17. The van der Waals surface area contributed by atoms with Gasteiger partial charge in [0.2, 0.25) is 0 Å². The number of hydrogen-bond donors (Lipinski definition) is 3. The second-order valence-electron chi connectivity index (χ2n) is 3.11. The molecule has 0 atom stereocenters. The van der Waals surface area contributed by atoms with E-state index >= 15 is 0 Å². The van der Waals surface area contributed by atoms with Crippen LogP contribution in [0.4, 0.5) is 4.79 Å². The van der Waals surface area contributed by atoms with Crippen molar-refractivity contribution < 1.29 is 14.7 Å². The second kappa shape index (κ2) is 6.06. The van der Waals surface area contributed by atoms with E-state index < -0.39 is 5.97 Å². The summed E-state index contributed by atoms with van der Waals surface area (Å²) in [5, 5.41) is 16.2. The number of amides is 2. The lowest BCUT2D eigenvalue weighted by atomic mass is 10.4. The van der Waals surface area contributed by atoms with Crippen LogP contribution in [0.5, 0.6) is 0 Å². The molecule has 1 heterocycles. The lowest BCUT2D eigenvalue weighted by Crippen LogP contribution is -2.36. The first-order chi connectivity index (χ1) is 7.58. The normalized spacial score (nSPS) is 9.81. The maximum atomic E-state index is 11.2. The number of hydrogen-bond acceptors (Lipinski definition) is 4. The van der Waals surface area contributed by atoms with E-state index in [0.717, 1.165) is 10.7 Å². The fourth-order valence-electron chi connectivity index (χ4n) is 1.01. The number of rotatable bonds is 5. The monoisotopic (exact) mass is 243 g/mol. The molecule has 0 radical (unpaired) electrons. The van der Waals surface area contributed by atoms with E-state index in [2.05, 4.69) is 15.6 Å². The van der Waals surface area contributed by atoms with Gasteiger partial charge < -0.3 is 15.7 Å².